The van der Waals surface area contributed by atoms with Crippen LogP contribution in [0.2, 0.25) is 5.02 Å². The Bertz CT molecular complexity index is 2960. The molecular weight excluding hydrogens is 1260 g/mol. The van der Waals surface area contributed by atoms with Crippen molar-refractivity contribution in [1.29, 1.82) is 0 Å². The number of carbonyl (C=O) groups is 11. The standard InChI is InChI=1S/C70H109ClF3N11O11/c1-15-43(7)58-67(95)80(11)45(9)63(91)85-34-30-53(85)66(94)82(13)55(38-46-23-18-17-19-24-46)65(93)79(10)40-56(86)76-51(29-27-47-26-28-49(50(71)37-47)70(72,73)74)64(92)84-33-22-25-52(84)61(89)78-69(31-20-21-32-69)68(96)83(14)59(44(8)16-2)62(90)75-48(35-41(3)4)39-57(87)81(12)54(36-42(5)6)60(88)77-58/h26,28,37,41-46,48,51-55,58-59H,15-25,27,29-36,38-40H2,1-14H3,(H,75,90)(H,76,86)(H,77,88)(H,78,89)/t43-,44-,45-,48+,51-,52-,53-,54-,55-,58-,59-/m0/s1. The molecule has 2 saturated carbocycles. The third-order valence-corrected chi connectivity index (χ3v) is 21.4. The summed E-state index contributed by atoms with van der Waals surface area (Å²) in [5.41, 5.74) is -2.25. The van der Waals surface area contributed by atoms with Crippen LogP contribution in [0.3, 0.4) is 0 Å². The number of nitrogens with zero attached hydrogens (tertiary/aromatic N) is 7. The minimum absolute atomic E-state index is 0.0304. The molecule has 1 aromatic rings. The van der Waals surface area contributed by atoms with E-state index in [0.717, 1.165) is 49.1 Å². The lowest BCUT2D eigenvalue weighted by Gasteiger charge is -2.45. The lowest BCUT2D eigenvalue weighted by atomic mass is 9.84. The Hall–Kier alpha value is -6.53. The van der Waals surface area contributed by atoms with Gasteiger partial charge in [0.1, 0.15) is 53.9 Å². The van der Waals surface area contributed by atoms with Gasteiger partial charge in [-0.2, -0.15) is 13.2 Å². The van der Waals surface area contributed by atoms with E-state index in [1.54, 1.807) is 13.8 Å². The Morgan fingerprint density at radius 2 is 1.24 bits per heavy atom. The number of hydrogen-bond acceptors (Lipinski definition) is 11. The highest BCUT2D eigenvalue weighted by Crippen LogP contribution is 2.37. The largest absolute Gasteiger partial charge is 0.417 e. The van der Waals surface area contributed by atoms with Gasteiger partial charge in [-0.1, -0.05) is 131 Å². The summed E-state index contributed by atoms with van der Waals surface area (Å²) in [6, 6.07) is -6.66. The zero-order valence-electron chi connectivity index (χ0n) is 59.2. The quantitative estimate of drug-likeness (QED) is 0.155. The second kappa shape index (κ2) is 34.3. The van der Waals surface area contributed by atoms with E-state index < -0.39 is 160 Å². The Labute approximate surface area is 571 Å². The molecule has 0 radical (unpaired) electrons. The van der Waals surface area contributed by atoms with Crippen molar-refractivity contribution < 1.29 is 65.9 Å². The van der Waals surface area contributed by atoms with Gasteiger partial charge in [-0.15, -0.1) is 0 Å². The molecule has 5 fully saturated rings. The first-order valence-electron chi connectivity index (χ1n) is 35.1. The second-order valence-electron chi connectivity index (χ2n) is 29.1. The number of rotatable bonds is 13. The van der Waals surface area contributed by atoms with Crippen molar-refractivity contribution in [2.24, 2.45) is 29.6 Å². The van der Waals surface area contributed by atoms with Gasteiger partial charge >= 0.3 is 6.18 Å². The van der Waals surface area contributed by atoms with E-state index in [9.17, 15) is 56.3 Å². The van der Waals surface area contributed by atoms with Crippen LogP contribution in [0.5, 0.6) is 0 Å². The first kappa shape index (κ1) is 78.5. The molecule has 4 N–H and O–H groups in total. The fourth-order valence-electron chi connectivity index (χ4n) is 14.7. The van der Waals surface area contributed by atoms with Crippen LogP contribution in [0.4, 0.5) is 13.2 Å². The Kier molecular flexibility index (Phi) is 28.0. The maximum atomic E-state index is 15.3. The van der Waals surface area contributed by atoms with Gasteiger partial charge < -0.3 is 55.6 Å². The van der Waals surface area contributed by atoms with Gasteiger partial charge in [-0.25, -0.2) is 0 Å². The number of alkyl halides is 3. The molecule has 538 valence electrons. The van der Waals surface area contributed by atoms with Gasteiger partial charge in [0.05, 0.1) is 17.1 Å². The van der Waals surface area contributed by atoms with E-state index in [2.05, 4.69) is 21.3 Å². The molecule has 2 aliphatic carbocycles. The van der Waals surface area contributed by atoms with E-state index in [1.165, 1.54) is 70.7 Å². The van der Waals surface area contributed by atoms with Crippen molar-refractivity contribution in [3.8, 4) is 0 Å². The molecule has 1 aromatic carbocycles. The Morgan fingerprint density at radius 3 is 1.81 bits per heavy atom. The van der Waals surface area contributed by atoms with Crippen LogP contribution in [0.1, 0.15) is 195 Å². The molecule has 5 aliphatic rings. The van der Waals surface area contributed by atoms with Crippen molar-refractivity contribution in [2.45, 2.75) is 257 Å². The SMILES string of the molecule is CC[C@H](C)[C@@H]1NC(=O)[C@H](CC(C)C)N(C)C(=O)C[C@@H](CC(C)C)NC(=O)[C@H]([C@@H](C)CC)N(C)C(=O)C2(CCCC2)NC(=O)[C@@H]2CCCN2C(=O)[C@H](CCc2ccc(C(F)(F)F)c(Cl)c2)NC(=O)CN(C)C(=O)[C@H](CC2CCCCC2)N(C)C(=O)[C@@H]2CCN2C(=O)[C@H](C)N(C)C1=O. The molecule has 11 amide bonds. The van der Waals surface area contributed by atoms with Crippen LogP contribution in [-0.2, 0) is 65.3 Å². The van der Waals surface area contributed by atoms with Crippen LogP contribution in [0, 0.1) is 29.6 Å². The maximum absolute atomic E-state index is 15.3. The lowest BCUT2D eigenvalue weighted by molar-refractivity contribution is -0.160. The van der Waals surface area contributed by atoms with E-state index in [0.29, 0.717) is 44.1 Å². The summed E-state index contributed by atoms with van der Waals surface area (Å²) < 4.78 is 41.5. The van der Waals surface area contributed by atoms with Crippen molar-refractivity contribution >= 4 is 76.6 Å². The van der Waals surface area contributed by atoms with Crippen molar-refractivity contribution in [1.82, 2.24) is 55.6 Å². The van der Waals surface area contributed by atoms with Crippen molar-refractivity contribution in [2.75, 3.05) is 54.9 Å². The monoisotopic (exact) mass is 1370 g/mol. The normalized spacial score (nSPS) is 27.8. The Morgan fingerprint density at radius 1 is 0.615 bits per heavy atom. The minimum atomic E-state index is -4.75. The number of halogens is 4. The minimum Gasteiger partial charge on any atom is -0.351 e. The van der Waals surface area contributed by atoms with Crippen LogP contribution in [0.25, 0.3) is 0 Å². The maximum Gasteiger partial charge on any atom is 0.417 e. The highest BCUT2D eigenvalue weighted by Gasteiger charge is 2.51. The third kappa shape index (κ3) is 19.2. The summed E-state index contributed by atoms with van der Waals surface area (Å²) in [4.78, 5) is 173. The van der Waals surface area contributed by atoms with Crippen molar-refractivity contribution in [3.63, 3.8) is 0 Å². The number of aryl methyl sites for hydroxylation is 1. The highest BCUT2D eigenvalue weighted by molar-refractivity contribution is 6.31. The zero-order valence-corrected chi connectivity index (χ0v) is 60.0. The second-order valence-corrected chi connectivity index (χ2v) is 29.5. The van der Waals surface area contributed by atoms with E-state index in [-0.39, 0.29) is 88.6 Å². The molecule has 0 bridgehead atoms. The third-order valence-electron chi connectivity index (χ3n) is 21.1. The number of fused-ring (bicyclic) bond motifs is 2. The van der Waals surface area contributed by atoms with Crippen LogP contribution >= 0.6 is 11.6 Å². The molecule has 0 aromatic heterocycles. The fraction of sp³-hybridized carbons (Fsp3) is 0.757. The molecule has 6 rings (SSSR count). The fourth-order valence-corrected chi connectivity index (χ4v) is 15.0. The average Bonchev–Trinajstić information content (AvgIpc) is 1.22. The number of benzene rings is 1. The summed E-state index contributed by atoms with van der Waals surface area (Å²) in [5, 5.41) is 11.3. The molecule has 3 saturated heterocycles. The molecule has 11 atom stereocenters. The van der Waals surface area contributed by atoms with E-state index in [1.807, 2.05) is 48.5 Å². The Balaban J connectivity index is 1.41. The lowest BCUT2D eigenvalue weighted by Crippen LogP contribution is -2.65. The van der Waals surface area contributed by atoms with Crippen LogP contribution in [0.15, 0.2) is 18.2 Å². The molecular formula is C70H109ClF3N11O11. The first-order valence-corrected chi connectivity index (χ1v) is 35.4. The predicted octanol–water partition coefficient (Wildman–Crippen LogP) is 7.11. The first-order chi connectivity index (χ1) is 45.1. The number of nitrogens with one attached hydrogen (secondary N) is 4. The van der Waals surface area contributed by atoms with Crippen LogP contribution in [-0.4, -0.2) is 214 Å². The zero-order chi connectivity index (χ0) is 71.4. The van der Waals surface area contributed by atoms with E-state index >= 15 is 9.59 Å². The number of likely N-dealkylation sites (N-methyl/N-ethyl adjacent to an activating group) is 5. The summed E-state index contributed by atoms with van der Waals surface area (Å²) in [7, 11) is 7.38. The molecule has 3 aliphatic heterocycles. The molecule has 0 unspecified atom stereocenters. The van der Waals surface area contributed by atoms with Gasteiger partial charge in [0.15, 0.2) is 0 Å². The topological polar surface area (TPSA) is 259 Å². The molecule has 96 heavy (non-hydrogen) atoms. The highest BCUT2D eigenvalue weighted by atomic mass is 35.5. The van der Waals surface area contributed by atoms with Gasteiger partial charge in [0, 0.05) is 60.8 Å². The van der Waals surface area contributed by atoms with Crippen molar-refractivity contribution in [3.05, 3.63) is 34.3 Å². The summed E-state index contributed by atoms with van der Waals surface area (Å²) >= 11 is 6.15. The number of hydrogen-bond donors (Lipinski definition) is 4. The number of carbonyl (C=O) groups excluding carboxylic acids is 11. The van der Waals surface area contributed by atoms with Gasteiger partial charge in [-0.05, 0) is 118 Å². The molecule has 26 heteroatoms. The van der Waals surface area contributed by atoms with Gasteiger partial charge in [0.25, 0.3) is 0 Å². The van der Waals surface area contributed by atoms with Gasteiger partial charge in [-0.3, -0.25) is 52.7 Å². The smallest absolute Gasteiger partial charge is 0.351 e. The predicted molar refractivity (Wildman–Crippen MR) is 358 cm³/mol. The van der Waals surface area contributed by atoms with Crippen LogP contribution < -0.4 is 21.3 Å². The summed E-state index contributed by atoms with van der Waals surface area (Å²) in [6.07, 6.45) is 3.20. The molecule has 1 spiro atoms. The molecule has 22 nitrogen and oxygen atoms in total. The van der Waals surface area contributed by atoms with E-state index in [4.69, 9.17) is 11.6 Å². The summed E-state index contributed by atoms with van der Waals surface area (Å²) in [5.74, 6) is -7.43. The van der Waals surface area contributed by atoms with Gasteiger partial charge in [0.2, 0.25) is 65.0 Å². The summed E-state index contributed by atoms with van der Waals surface area (Å²) in [6.45, 7) is 16.2. The molecule has 3 heterocycles. The average molecular weight is 1370 g/mol. The number of amides is 11.